The lowest BCUT2D eigenvalue weighted by atomic mass is 10.0. The number of nitrogens with zero attached hydrogens (tertiary/aromatic N) is 1. The topological polar surface area (TPSA) is 68.3 Å². The Labute approximate surface area is 160 Å². The molecule has 1 atom stereocenters. The predicted octanol–water partition coefficient (Wildman–Crippen LogP) is 4.12. The molecule has 8 heteroatoms. The summed E-state index contributed by atoms with van der Waals surface area (Å²) >= 11 is 17.5. The summed E-state index contributed by atoms with van der Waals surface area (Å²) in [7, 11) is 0. The first-order valence-electron chi connectivity index (χ1n) is 7.38. The molecule has 1 heterocycles. The summed E-state index contributed by atoms with van der Waals surface area (Å²) in [6.45, 7) is 1.96. The minimum absolute atomic E-state index is 0.00595. The number of carbonyl (C=O) groups excluding carboxylic acids is 2. The monoisotopic (exact) mass is 400 g/mol. The first-order valence-corrected chi connectivity index (χ1v) is 8.51. The van der Waals surface area contributed by atoms with E-state index in [9.17, 15) is 9.59 Å². The highest BCUT2D eigenvalue weighted by atomic mass is 35.5. The Balaban J connectivity index is 1.84. The van der Waals surface area contributed by atoms with Crippen molar-refractivity contribution >= 4 is 46.7 Å². The maximum Gasteiger partial charge on any atom is 0.359 e. The molecule has 1 N–H and O–H groups in total. The minimum atomic E-state index is -0.852. The van der Waals surface area contributed by atoms with Gasteiger partial charge in [-0.2, -0.15) is 0 Å². The number of hydrogen-bond acceptors (Lipinski definition) is 4. The van der Waals surface area contributed by atoms with Crippen molar-refractivity contribution in [3.8, 4) is 0 Å². The van der Waals surface area contributed by atoms with E-state index < -0.39 is 18.5 Å². The van der Waals surface area contributed by atoms with Gasteiger partial charge in [0.15, 0.2) is 12.3 Å². The van der Waals surface area contributed by atoms with Crippen LogP contribution in [0.3, 0.4) is 0 Å². The summed E-state index contributed by atoms with van der Waals surface area (Å²) in [5.41, 5.74) is 0.910. The van der Waals surface area contributed by atoms with Crippen LogP contribution in [0.2, 0.25) is 15.1 Å². The van der Waals surface area contributed by atoms with Gasteiger partial charge in [0.1, 0.15) is 0 Å². The molecule has 132 valence electrons. The number of nitrogens with one attached hydrogen (secondary N) is 1. The molecule has 0 unspecified atom stereocenters. The number of amides is 1. The zero-order valence-corrected chi connectivity index (χ0v) is 15.5. The summed E-state index contributed by atoms with van der Waals surface area (Å²) in [6.07, 6.45) is 1.19. The van der Waals surface area contributed by atoms with E-state index in [0.717, 1.165) is 5.56 Å². The summed E-state index contributed by atoms with van der Waals surface area (Å²) < 4.78 is 4.90. The number of esters is 1. The molecule has 1 amide bonds. The molecular weight excluding hydrogens is 387 g/mol. The number of rotatable bonds is 6. The molecule has 0 radical (unpaired) electrons. The first kappa shape index (κ1) is 19.5. The van der Waals surface area contributed by atoms with Crippen LogP contribution in [0, 0.1) is 0 Å². The average molecular weight is 402 g/mol. The van der Waals surface area contributed by atoms with Crippen molar-refractivity contribution in [1.29, 1.82) is 0 Å². The molecule has 0 saturated heterocycles. The van der Waals surface area contributed by atoms with Crippen LogP contribution in [0.5, 0.6) is 0 Å². The molecule has 5 nitrogen and oxygen atoms in total. The van der Waals surface area contributed by atoms with E-state index >= 15 is 0 Å². The van der Waals surface area contributed by atoms with Gasteiger partial charge in [0.2, 0.25) is 0 Å². The fourth-order valence-electron chi connectivity index (χ4n) is 2.00. The van der Waals surface area contributed by atoms with Gasteiger partial charge in [0.05, 0.1) is 15.1 Å². The summed E-state index contributed by atoms with van der Waals surface area (Å²) in [6, 6.07) is 9.76. The molecule has 1 aromatic heterocycles. The second-order valence-corrected chi connectivity index (χ2v) is 6.44. The molecule has 0 saturated carbocycles. The molecular formula is C17H15Cl3N2O3. The lowest BCUT2D eigenvalue weighted by Crippen LogP contribution is -2.31. The Bertz CT molecular complexity index is 769. The molecule has 0 spiro atoms. The number of hydrogen-bond donors (Lipinski definition) is 1. The van der Waals surface area contributed by atoms with Crippen molar-refractivity contribution in [3.05, 3.63) is 62.9 Å². The van der Waals surface area contributed by atoms with Gasteiger partial charge in [-0.25, -0.2) is 9.78 Å². The SMILES string of the molecule is C[C@@H](CNC(=O)COC(=O)c1ncc(Cl)c(Cl)c1Cl)c1ccccc1. The lowest BCUT2D eigenvalue weighted by Gasteiger charge is -2.13. The highest BCUT2D eigenvalue weighted by molar-refractivity contribution is 6.48. The highest BCUT2D eigenvalue weighted by Gasteiger charge is 2.19. The van der Waals surface area contributed by atoms with E-state index in [1.54, 1.807) is 0 Å². The van der Waals surface area contributed by atoms with E-state index in [0.29, 0.717) is 6.54 Å². The van der Waals surface area contributed by atoms with E-state index in [4.69, 9.17) is 39.5 Å². The first-order chi connectivity index (χ1) is 11.9. The number of benzene rings is 1. The fraction of sp³-hybridized carbons (Fsp3) is 0.235. The molecule has 0 aliphatic rings. The summed E-state index contributed by atoms with van der Waals surface area (Å²) in [5.74, 6) is -1.14. The third-order valence-electron chi connectivity index (χ3n) is 3.42. The normalized spacial score (nSPS) is 11.7. The summed E-state index contributed by atoms with van der Waals surface area (Å²) in [4.78, 5) is 27.5. The van der Waals surface area contributed by atoms with Gasteiger partial charge in [-0.15, -0.1) is 0 Å². The standard InChI is InChI=1S/C17H15Cl3N2O3/c1-10(11-5-3-2-4-6-11)7-21-13(23)9-25-17(24)16-15(20)14(19)12(18)8-22-16/h2-6,8,10H,7,9H2,1H3,(H,21,23)/t10-/m0/s1. The van der Waals surface area contributed by atoms with Crippen molar-refractivity contribution in [2.75, 3.05) is 13.2 Å². The zero-order chi connectivity index (χ0) is 18.4. The smallest absolute Gasteiger partial charge is 0.359 e. The van der Waals surface area contributed by atoms with Crippen molar-refractivity contribution < 1.29 is 14.3 Å². The van der Waals surface area contributed by atoms with E-state index in [1.807, 2.05) is 37.3 Å². The molecule has 0 bridgehead atoms. The van der Waals surface area contributed by atoms with Crippen LogP contribution in [0.1, 0.15) is 28.9 Å². The van der Waals surface area contributed by atoms with E-state index in [2.05, 4.69) is 10.3 Å². The number of aromatic nitrogens is 1. The average Bonchev–Trinajstić information content (AvgIpc) is 2.63. The van der Waals surface area contributed by atoms with Gasteiger partial charge in [-0.05, 0) is 11.5 Å². The van der Waals surface area contributed by atoms with Crippen LogP contribution < -0.4 is 5.32 Å². The zero-order valence-electron chi connectivity index (χ0n) is 13.3. The van der Waals surface area contributed by atoms with E-state index in [-0.39, 0.29) is 26.7 Å². The highest BCUT2D eigenvalue weighted by Crippen LogP contribution is 2.31. The van der Waals surface area contributed by atoms with Crippen LogP contribution in [-0.4, -0.2) is 30.0 Å². The number of carbonyl (C=O) groups is 2. The van der Waals surface area contributed by atoms with Gasteiger partial charge < -0.3 is 10.1 Å². The second-order valence-electron chi connectivity index (χ2n) is 5.27. The molecule has 2 aromatic rings. The van der Waals surface area contributed by atoms with E-state index in [1.165, 1.54) is 6.20 Å². The minimum Gasteiger partial charge on any atom is -0.451 e. The molecule has 2 rings (SSSR count). The van der Waals surface area contributed by atoms with Gasteiger partial charge in [-0.3, -0.25) is 4.79 Å². The van der Waals surface area contributed by atoms with Gasteiger partial charge in [-0.1, -0.05) is 72.1 Å². The number of pyridine rings is 1. The van der Waals surface area contributed by atoms with Crippen LogP contribution in [0.4, 0.5) is 0 Å². The maximum atomic E-state index is 11.9. The van der Waals surface area contributed by atoms with Crippen LogP contribution >= 0.6 is 34.8 Å². The van der Waals surface area contributed by atoms with Crippen molar-refractivity contribution in [3.63, 3.8) is 0 Å². The van der Waals surface area contributed by atoms with Crippen molar-refractivity contribution in [2.45, 2.75) is 12.8 Å². The molecule has 0 aliphatic heterocycles. The van der Waals surface area contributed by atoms with Gasteiger partial charge in [0.25, 0.3) is 5.91 Å². The molecule has 25 heavy (non-hydrogen) atoms. The Hall–Kier alpha value is -1.82. The Morgan fingerprint density at radius 1 is 1.16 bits per heavy atom. The Morgan fingerprint density at radius 2 is 1.84 bits per heavy atom. The van der Waals surface area contributed by atoms with Gasteiger partial charge in [0, 0.05) is 12.7 Å². The number of ether oxygens (including phenoxy) is 1. The Kier molecular flexibility index (Phi) is 7.05. The molecule has 0 aliphatic carbocycles. The molecule has 1 aromatic carbocycles. The third-order valence-corrected chi connectivity index (χ3v) is 4.66. The maximum absolute atomic E-state index is 11.9. The second kappa shape index (κ2) is 9.04. The predicted molar refractivity (Wildman–Crippen MR) is 97.4 cm³/mol. The van der Waals surface area contributed by atoms with Crippen LogP contribution in [0.15, 0.2) is 36.5 Å². The quantitative estimate of drug-likeness (QED) is 0.739. The number of halogens is 3. The van der Waals surface area contributed by atoms with Crippen molar-refractivity contribution in [1.82, 2.24) is 10.3 Å². The van der Waals surface area contributed by atoms with Gasteiger partial charge >= 0.3 is 5.97 Å². The molecule has 0 fully saturated rings. The largest absolute Gasteiger partial charge is 0.451 e. The Morgan fingerprint density at radius 3 is 2.52 bits per heavy atom. The van der Waals surface area contributed by atoms with Crippen LogP contribution in [-0.2, 0) is 9.53 Å². The lowest BCUT2D eigenvalue weighted by molar-refractivity contribution is -0.124. The summed E-state index contributed by atoms with van der Waals surface area (Å²) in [5, 5.41) is 2.72. The van der Waals surface area contributed by atoms with Crippen molar-refractivity contribution in [2.24, 2.45) is 0 Å². The van der Waals surface area contributed by atoms with Crippen LogP contribution in [0.25, 0.3) is 0 Å². The fourth-order valence-corrected chi connectivity index (χ4v) is 2.56. The third kappa shape index (κ3) is 5.33.